The van der Waals surface area contributed by atoms with Gasteiger partial charge >= 0.3 is 5.95 Å². The summed E-state index contributed by atoms with van der Waals surface area (Å²) in [6, 6.07) is 7.66. The molecule has 5 heteroatoms. The standard InChI is InChI=1S/C9H5FN2O2/c10-9(12(13)14)5-7-1-3-8(6-11)4-2-7/h1-5H/b9-5+. The van der Waals surface area contributed by atoms with Gasteiger partial charge in [-0.2, -0.15) is 5.26 Å². The molecule has 70 valence electrons. The summed E-state index contributed by atoms with van der Waals surface area (Å²) < 4.78 is 12.5. The number of hydrogen-bond acceptors (Lipinski definition) is 3. The van der Waals surface area contributed by atoms with Crippen LogP contribution in [0.2, 0.25) is 0 Å². The first kappa shape index (κ1) is 9.86. The van der Waals surface area contributed by atoms with Crippen LogP contribution >= 0.6 is 0 Å². The van der Waals surface area contributed by atoms with Crippen molar-refractivity contribution >= 4 is 6.08 Å². The highest BCUT2D eigenvalue weighted by atomic mass is 19.1. The van der Waals surface area contributed by atoms with E-state index >= 15 is 0 Å². The Labute approximate surface area is 79.0 Å². The molecule has 0 fully saturated rings. The van der Waals surface area contributed by atoms with Crippen LogP contribution in [0.4, 0.5) is 4.39 Å². The molecule has 1 aromatic rings. The zero-order valence-electron chi connectivity index (χ0n) is 6.98. The summed E-state index contributed by atoms with van der Waals surface area (Å²) in [5.41, 5.74) is 0.766. The maximum Gasteiger partial charge on any atom is 0.419 e. The summed E-state index contributed by atoms with van der Waals surface area (Å²) in [5.74, 6) is -1.42. The van der Waals surface area contributed by atoms with Crippen LogP contribution in [0.25, 0.3) is 6.08 Å². The van der Waals surface area contributed by atoms with Crippen molar-refractivity contribution in [3.8, 4) is 6.07 Å². The Morgan fingerprint density at radius 2 is 2.07 bits per heavy atom. The molecule has 0 aliphatic carbocycles. The van der Waals surface area contributed by atoms with Crippen molar-refractivity contribution in [3.63, 3.8) is 0 Å². The number of halogens is 1. The molecule has 4 nitrogen and oxygen atoms in total. The molecule has 0 aliphatic heterocycles. The largest absolute Gasteiger partial charge is 0.419 e. The molecule has 0 N–H and O–H groups in total. The average Bonchev–Trinajstić information content (AvgIpc) is 2.19. The summed E-state index contributed by atoms with van der Waals surface area (Å²) in [6.45, 7) is 0. The fourth-order valence-corrected chi connectivity index (χ4v) is 0.844. The molecule has 0 unspecified atom stereocenters. The summed E-state index contributed by atoms with van der Waals surface area (Å²) in [7, 11) is 0. The van der Waals surface area contributed by atoms with E-state index in [0.29, 0.717) is 11.1 Å². The summed E-state index contributed by atoms with van der Waals surface area (Å²) in [6.07, 6.45) is 0.793. The van der Waals surface area contributed by atoms with Crippen LogP contribution in [-0.2, 0) is 0 Å². The van der Waals surface area contributed by atoms with Crippen LogP contribution in [0.5, 0.6) is 0 Å². The smallest absolute Gasteiger partial charge is 0.256 e. The van der Waals surface area contributed by atoms with Gasteiger partial charge < -0.3 is 0 Å². The Kier molecular flexibility index (Phi) is 2.92. The van der Waals surface area contributed by atoms with E-state index in [9.17, 15) is 14.5 Å². The Balaban J connectivity index is 2.95. The second-order valence-electron chi connectivity index (χ2n) is 2.46. The summed E-state index contributed by atoms with van der Waals surface area (Å²) in [4.78, 5) is 8.82. The van der Waals surface area contributed by atoms with Gasteiger partial charge in [-0.15, -0.1) is 4.39 Å². The molecule has 1 rings (SSSR count). The van der Waals surface area contributed by atoms with E-state index in [-0.39, 0.29) is 0 Å². The Hall–Kier alpha value is -2.22. The number of nitro groups is 1. The number of rotatable bonds is 2. The highest BCUT2D eigenvalue weighted by Crippen LogP contribution is 2.09. The fourth-order valence-electron chi connectivity index (χ4n) is 0.844. The van der Waals surface area contributed by atoms with Gasteiger partial charge in [0, 0.05) is 0 Å². The zero-order valence-corrected chi connectivity index (χ0v) is 6.98. The maximum absolute atomic E-state index is 12.5. The van der Waals surface area contributed by atoms with Gasteiger partial charge in [0.05, 0.1) is 22.6 Å². The number of hydrogen-bond donors (Lipinski definition) is 0. The monoisotopic (exact) mass is 192 g/mol. The normalized spacial score (nSPS) is 10.7. The molecule has 0 heterocycles. The molecule has 0 aromatic heterocycles. The first-order valence-corrected chi connectivity index (χ1v) is 3.65. The van der Waals surface area contributed by atoms with E-state index in [2.05, 4.69) is 0 Å². The zero-order chi connectivity index (χ0) is 10.6. The SMILES string of the molecule is N#Cc1ccc(/C=C(\F)[N+](=O)[O-])cc1. The maximum atomic E-state index is 12.5. The van der Waals surface area contributed by atoms with Crippen molar-refractivity contribution in [2.75, 3.05) is 0 Å². The molecule has 0 atom stereocenters. The minimum Gasteiger partial charge on any atom is -0.256 e. The van der Waals surface area contributed by atoms with E-state index < -0.39 is 10.9 Å². The van der Waals surface area contributed by atoms with Gasteiger partial charge in [0.25, 0.3) is 0 Å². The lowest BCUT2D eigenvalue weighted by Crippen LogP contribution is -1.91. The predicted octanol–water partition coefficient (Wildman–Crippen LogP) is 2.10. The van der Waals surface area contributed by atoms with Gasteiger partial charge in [-0.25, -0.2) is 0 Å². The van der Waals surface area contributed by atoms with E-state index in [4.69, 9.17) is 5.26 Å². The van der Waals surface area contributed by atoms with Crippen molar-refractivity contribution in [1.29, 1.82) is 5.26 Å². The van der Waals surface area contributed by atoms with Crippen molar-refractivity contribution in [2.24, 2.45) is 0 Å². The molecule has 0 radical (unpaired) electrons. The number of benzene rings is 1. The minimum atomic E-state index is -1.42. The summed E-state index contributed by atoms with van der Waals surface area (Å²) >= 11 is 0. The van der Waals surface area contributed by atoms with Gasteiger partial charge in [0.15, 0.2) is 0 Å². The minimum absolute atomic E-state index is 0.346. The highest BCUT2D eigenvalue weighted by molar-refractivity contribution is 5.51. The van der Waals surface area contributed by atoms with Crippen LogP contribution in [0.15, 0.2) is 30.2 Å². The van der Waals surface area contributed by atoms with Crippen LogP contribution < -0.4 is 0 Å². The van der Waals surface area contributed by atoms with Crippen molar-refractivity contribution in [2.45, 2.75) is 0 Å². The number of nitriles is 1. The van der Waals surface area contributed by atoms with Gasteiger partial charge in [-0.1, -0.05) is 12.1 Å². The van der Waals surface area contributed by atoms with Crippen LogP contribution in [-0.4, -0.2) is 4.92 Å². The lowest BCUT2D eigenvalue weighted by atomic mass is 10.1. The molecular weight excluding hydrogens is 187 g/mol. The molecule has 0 aliphatic rings. The first-order chi connectivity index (χ1) is 6.63. The second kappa shape index (κ2) is 4.14. The fraction of sp³-hybridized carbons (Fsp3) is 0. The Morgan fingerprint density at radius 1 is 1.50 bits per heavy atom. The average molecular weight is 192 g/mol. The molecule has 0 amide bonds. The van der Waals surface area contributed by atoms with Crippen LogP contribution in [0.1, 0.15) is 11.1 Å². The Bertz CT molecular complexity index is 417. The molecule has 0 spiro atoms. The third kappa shape index (κ3) is 2.38. The third-order valence-electron chi connectivity index (χ3n) is 1.50. The Morgan fingerprint density at radius 3 is 2.50 bits per heavy atom. The molecule has 14 heavy (non-hydrogen) atoms. The molecule has 0 bridgehead atoms. The quantitative estimate of drug-likeness (QED) is 0.409. The lowest BCUT2D eigenvalue weighted by molar-refractivity contribution is -0.445. The van der Waals surface area contributed by atoms with E-state index in [1.54, 1.807) is 0 Å². The molecule has 1 aromatic carbocycles. The summed E-state index contributed by atoms with van der Waals surface area (Å²) in [5, 5.41) is 18.4. The van der Waals surface area contributed by atoms with Crippen molar-refractivity contribution in [1.82, 2.24) is 0 Å². The van der Waals surface area contributed by atoms with E-state index in [1.807, 2.05) is 6.07 Å². The van der Waals surface area contributed by atoms with E-state index in [1.165, 1.54) is 24.3 Å². The number of nitrogens with zero attached hydrogens (tertiary/aromatic N) is 2. The molecule has 0 saturated heterocycles. The van der Waals surface area contributed by atoms with Gasteiger partial charge in [0.2, 0.25) is 0 Å². The van der Waals surface area contributed by atoms with Gasteiger partial charge in [-0.05, 0) is 17.7 Å². The lowest BCUT2D eigenvalue weighted by Gasteiger charge is -1.91. The predicted molar refractivity (Wildman–Crippen MR) is 47.2 cm³/mol. The van der Waals surface area contributed by atoms with Gasteiger partial charge in [0.1, 0.15) is 0 Å². The molecular formula is C9H5FN2O2. The van der Waals surface area contributed by atoms with Crippen molar-refractivity contribution in [3.05, 3.63) is 51.5 Å². The second-order valence-corrected chi connectivity index (χ2v) is 2.46. The highest BCUT2D eigenvalue weighted by Gasteiger charge is 2.07. The topological polar surface area (TPSA) is 66.9 Å². The molecule has 0 saturated carbocycles. The third-order valence-corrected chi connectivity index (χ3v) is 1.50. The van der Waals surface area contributed by atoms with Crippen LogP contribution in [0, 0.1) is 21.4 Å². The van der Waals surface area contributed by atoms with E-state index in [0.717, 1.165) is 6.08 Å². The van der Waals surface area contributed by atoms with Crippen molar-refractivity contribution < 1.29 is 9.31 Å². The first-order valence-electron chi connectivity index (χ1n) is 3.65. The van der Waals surface area contributed by atoms with Crippen LogP contribution in [0.3, 0.4) is 0 Å². The van der Waals surface area contributed by atoms with Gasteiger partial charge in [-0.3, -0.25) is 10.1 Å².